The number of nitrogens with one attached hydrogen (secondary N) is 2. The van der Waals surface area contributed by atoms with E-state index in [0.29, 0.717) is 43.4 Å². The zero-order chi connectivity index (χ0) is 17.7. The lowest BCUT2D eigenvalue weighted by molar-refractivity contribution is -0.121. The number of hydrogen-bond acceptors (Lipinski definition) is 4. The van der Waals surface area contributed by atoms with E-state index >= 15 is 0 Å². The van der Waals surface area contributed by atoms with Gasteiger partial charge in [-0.3, -0.25) is 4.79 Å². The second-order valence-corrected chi connectivity index (χ2v) is 8.79. The number of amides is 1. The number of sulfonamides is 1. The summed E-state index contributed by atoms with van der Waals surface area (Å²) in [6.07, 6.45) is 5.20. The van der Waals surface area contributed by atoms with Gasteiger partial charge >= 0.3 is 0 Å². The Balaban J connectivity index is 1.48. The first-order chi connectivity index (χ1) is 12.1. The Kier molecular flexibility index (Phi) is 6.09. The molecule has 138 valence electrons. The van der Waals surface area contributed by atoms with Crippen molar-refractivity contribution < 1.29 is 13.2 Å². The van der Waals surface area contributed by atoms with Gasteiger partial charge in [-0.15, -0.1) is 0 Å². The second kappa shape index (κ2) is 8.29. The molecule has 0 aromatic heterocycles. The summed E-state index contributed by atoms with van der Waals surface area (Å²) < 4.78 is 26.5. The van der Waals surface area contributed by atoms with Crippen LogP contribution < -0.4 is 10.6 Å². The highest BCUT2D eigenvalue weighted by molar-refractivity contribution is 7.89. The van der Waals surface area contributed by atoms with Gasteiger partial charge < -0.3 is 10.6 Å². The lowest BCUT2D eigenvalue weighted by atomic mass is 10.1. The predicted molar refractivity (Wildman–Crippen MR) is 96.8 cm³/mol. The third kappa shape index (κ3) is 4.80. The van der Waals surface area contributed by atoms with Crippen LogP contribution in [0, 0.1) is 0 Å². The maximum Gasteiger partial charge on any atom is 0.243 e. The minimum absolute atomic E-state index is 0.0439. The molecule has 2 heterocycles. The average molecular weight is 365 g/mol. The molecule has 0 spiro atoms. The Morgan fingerprint density at radius 2 is 1.88 bits per heavy atom. The Hall–Kier alpha value is -1.44. The minimum atomic E-state index is -3.36. The van der Waals surface area contributed by atoms with Crippen molar-refractivity contribution >= 4 is 15.9 Å². The quantitative estimate of drug-likeness (QED) is 0.763. The van der Waals surface area contributed by atoms with Crippen molar-refractivity contribution in [3.8, 4) is 0 Å². The number of rotatable bonds is 7. The van der Waals surface area contributed by atoms with Gasteiger partial charge in [0.05, 0.1) is 4.90 Å². The van der Waals surface area contributed by atoms with Crippen LogP contribution in [0.4, 0.5) is 0 Å². The van der Waals surface area contributed by atoms with E-state index in [9.17, 15) is 13.2 Å². The van der Waals surface area contributed by atoms with Crippen LogP contribution in [0.15, 0.2) is 29.2 Å². The molecule has 3 rings (SSSR count). The highest BCUT2D eigenvalue weighted by Gasteiger charge is 2.26. The van der Waals surface area contributed by atoms with Gasteiger partial charge in [-0.2, -0.15) is 4.31 Å². The zero-order valence-corrected chi connectivity index (χ0v) is 15.4. The minimum Gasteiger partial charge on any atom is -0.355 e. The van der Waals surface area contributed by atoms with E-state index in [1.54, 1.807) is 16.4 Å². The number of benzene rings is 1. The molecule has 0 aliphatic carbocycles. The molecule has 2 aliphatic heterocycles. The van der Waals surface area contributed by atoms with Crippen molar-refractivity contribution in [2.45, 2.75) is 49.5 Å². The molecule has 6 nitrogen and oxygen atoms in total. The largest absolute Gasteiger partial charge is 0.355 e. The third-order valence-corrected chi connectivity index (χ3v) is 6.89. The third-order valence-electron chi connectivity index (χ3n) is 4.97. The van der Waals surface area contributed by atoms with Crippen molar-refractivity contribution in [2.75, 3.05) is 26.2 Å². The second-order valence-electron chi connectivity index (χ2n) is 6.85. The summed E-state index contributed by atoms with van der Waals surface area (Å²) >= 11 is 0. The van der Waals surface area contributed by atoms with Crippen LogP contribution in [-0.2, 0) is 21.2 Å². The molecule has 2 aliphatic rings. The fourth-order valence-corrected chi connectivity index (χ4v) is 4.94. The van der Waals surface area contributed by atoms with Gasteiger partial charge in [0, 0.05) is 32.1 Å². The van der Waals surface area contributed by atoms with E-state index in [2.05, 4.69) is 10.6 Å². The summed E-state index contributed by atoms with van der Waals surface area (Å²) in [5.74, 6) is 0.0439. The molecule has 0 saturated carbocycles. The van der Waals surface area contributed by atoms with E-state index in [1.165, 1.54) is 6.42 Å². The highest BCUT2D eigenvalue weighted by Crippen LogP contribution is 2.21. The first-order valence-electron chi connectivity index (χ1n) is 9.15. The van der Waals surface area contributed by atoms with Gasteiger partial charge in [-0.1, -0.05) is 12.1 Å². The molecule has 2 saturated heterocycles. The van der Waals surface area contributed by atoms with E-state index in [4.69, 9.17) is 0 Å². The summed E-state index contributed by atoms with van der Waals surface area (Å²) in [7, 11) is -3.36. The smallest absolute Gasteiger partial charge is 0.243 e. The van der Waals surface area contributed by atoms with Gasteiger partial charge in [0.15, 0.2) is 0 Å². The predicted octanol–water partition coefficient (Wildman–Crippen LogP) is 1.27. The Morgan fingerprint density at radius 3 is 2.52 bits per heavy atom. The summed E-state index contributed by atoms with van der Waals surface area (Å²) in [6, 6.07) is 7.34. The lowest BCUT2D eigenvalue weighted by Gasteiger charge is -2.15. The maximum atomic E-state index is 12.5. The molecule has 0 bridgehead atoms. The molecule has 1 atom stereocenters. The molecular weight excluding hydrogens is 338 g/mol. The van der Waals surface area contributed by atoms with Crippen LogP contribution in [0.2, 0.25) is 0 Å². The highest BCUT2D eigenvalue weighted by atomic mass is 32.2. The van der Waals surface area contributed by atoms with Gasteiger partial charge in [-0.25, -0.2) is 8.42 Å². The molecule has 1 amide bonds. The number of nitrogens with zero attached hydrogens (tertiary/aromatic N) is 1. The molecule has 0 radical (unpaired) electrons. The van der Waals surface area contributed by atoms with E-state index < -0.39 is 10.0 Å². The van der Waals surface area contributed by atoms with Crippen LogP contribution in [0.5, 0.6) is 0 Å². The monoisotopic (exact) mass is 365 g/mol. The Bertz CT molecular complexity index is 676. The fraction of sp³-hybridized carbons (Fsp3) is 0.611. The number of carbonyl (C=O) groups excluding carboxylic acids is 1. The van der Waals surface area contributed by atoms with Crippen LogP contribution in [0.3, 0.4) is 0 Å². The molecule has 7 heteroatoms. The van der Waals surface area contributed by atoms with Crippen molar-refractivity contribution in [2.24, 2.45) is 0 Å². The first-order valence-corrected chi connectivity index (χ1v) is 10.6. The van der Waals surface area contributed by atoms with Gasteiger partial charge in [0.1, 0.15) is 0 Å². The zero-order valence-electron chi connectivity index (χ0n) is 14.5. The van der Waals surface area contributed by atoms with Crippen molar-refractivity contribution in [3.05, 3.63) is 29.8 Å². The molecular formula is C18H27N3O3S. The molecule has 1 aromatic rings. The molecule has 1 aromatic carbocycles. The molecule has 25 heavy (non-hydrogen) atoms. The average Bonchev–Trinajstić information content (AvgIpc) is 3.32. The van der Waals surface area contributed by atoms with E-state index in [0.717, 1.165) is 31.4 Å². The SMILES string of the molecule is O=C(CCc1ccc(S(=O)(=O)N2CCCC2)cc1)NCC1CCCN1. The van der Waals surface area contributed by atoms with Gasteiger partial charge in [0.2, 0.25) is 15.9 Å². The van der Waals surface area contributed by atoms with Crippen LogP contribution in [0.1, 0.15) is 37.7 Å². The van der Waals surface area contributed by atoms with Crippen LogP contribution >= 0.6 is 0 Å². The summed E-state index contributed by atoms with van der Waals surface area (Å²) in [6.45, 7) is 2.94. The Labute approximate surface area is 150 Å². The molecule has 1 unspecified atom stereocenters. The number of hydrogen-bond donors (Lipinski definition) is 2. The summed E-state index contributed by atoms with van der Waals surface area (Å²) in [5.41, 5.74) is 0.981. The van der Waals surface area contributed by atoms with E-state index in [1.807, 2.05) is 12.1 Å². The first kappa shape index (κ1) is 18.4. The summed E-state index contributed by atoms with van der Waals surface area (Å²) in [5, 5.41) is 6.32. The van der Waals surface area contributed by atoms with Crippen molar-refractivity contribution in [1.29, 1.82) is 0 Å². The maximum absolute atomic E-state index is 12.5. The fourth-order valence-electron chi connectivity index (χ4n) is 3.42. The van der Waals surface area contributed by atoms with Crippen LogP contribution in [0.25, 0.3) is 0 Å². The molecule has 2 N–H and O–H groups in total. The summed E-state index contributed by atoms with van der Waals surface area (Å²) in [4.78, 5) is 12.3. The van der Waals surface area contributed by atoms with E-state index in [-0.39, 0.29) is 5.91 Å². The van der Waals surface area contributed by atoms with Gasteiger partial charge in [0.25, 0.3) is 0 Å². The lowest BCUT2D eigenvalue weighted by Crippen LogP contribution is -2.37. The topological polar surface area (TPSA) is 78.5 Å². The van der Waals surface area contributed by atoms with Gasteiger partial charge in [-0.05, 0) is 56.3 Å². The van der Waals surface area contributed by atoms with Crippen LogP contribution in [-0.4, -0.2) is 50.9 Å². The van der Waals surface area contributed by atoms with Crippen molar-refractivity contribution in [1.82, 2.24) is 14.9 Å². The van der Waals surface area contributed by atoms with Crippen molar-refractivity contribution in [3.63, 3.8) is 0 Å². The number of aryl methyl sites for hydroxylation is 1. The molecule has 2 fully saturated rings. The standard InChI is InChI=1S/C18H27N3O3S/c22-18(20-14-16-4-3-11-19-16)10-7-15-5-8-17(9-6-15)25(23,24)21-12-1-2-13-21/h5-6,8-9,16,19H,1-4,7,10-14H2,(H,20,22). The number of carbonyl (C=O) groups is 1. The Morgan fingerprint density at radius 1 is 1.16 bits per heavy atom. The normalized spacial score (nSPS) is 21.5.